The molecule has 0 aromatic rings. The van der Waals surface area contributed by atoms with Crippen LogP contribution in [-0.2, 0) is 9.59 Å². The molecule has 3 N–H and O–H groups in total. The van der Waals surface area contributed by atoms with Gasteiger partial charge in [0.1, 0.15) is 6.04 Å². The Labute approximate surface area is 88.6 Å². The zero-order valence-electron chi connectivity index (χ0n) is 8.99. The van der Waals surface area contributed by atoms with E-state index in [2.05, 4.69) is 10.6 Å². The van der Waals surface area contributed by atoms with Crippen molar-refractivity contribution < 1.29 is 14.7 Å². The summed E-state index contributed by atoms with van der Waals surface area (Å²) < 4.78 is 0. The molecular weight excluding hydrogens is 198 g/mol. The second kappa shape index (κ2) is 5.09. The summed E-state index contributed by atoms with van der Waals surface area (Å²) in [5, 5.41) is 14.5. The average Bonchev–Trinajstić information content (AvgIpc) is 2.27. The second-order valence-electron chi connectivity index (χ2n) is 3.59. The van der Waals surface area contributed by atoms with Crippen LogP contribution in [0.4, 0.5) is 0 Å². The number of carboxylic acid groups (broad SMARTS) is 1. The van der Waals surface area contributed by atoms with Gasteiger partial charge in [0.15, 0.2) is 0 Å². The molecule has 0 bridgehead atoms. The number of hydrogen-bond donors (Lipinski definition) is 3. The number of nitrogens with one attached hydrogen (secondary N) is 2. The van der Waals surface area contributed by atoms with Gasteiger partial charge >= 0.3 is 5.97 Å². The van der Waals surface area contributed by atoms with Gasteiger partial charge in [0.05, 0.1) is 6.04 Å². The highest BCUT2D eigenvalue weighted by Gasteiger charge is 2.33. The Balaban J connectivity index is 2.71. The van der Waals surface area contributed by atoms with Crippen molar-refractivity contribution in [3.8, 4) is 0 Å². The molecule has 1 saturated heterocycles. The lowest BCUT2D eigenvalue weighted by Gasteiger charge is -2.36. The summed E-state index contributed by atoms with van der Waals surface area (Å²) in [5.74, 6) is -1.04. The molecule has 15 heavy (non-hydrogen) atoms. The molecule has 0 aromatic carbocycles. The van der Waals surface area contributed by atoms with Gasteiger partial charge in [-0.25, -0.2) is 0 Å². The lowest BCUT2D eigenvalue weighted by atomic mass is 10.1. The van der Waals surface area contributed by atoms with Gasteiger partial charge < -0.3 is 15.7 Å². The maximum Gasteiger partial charge on any atom is 0.322 e. The second-order valence-corrected chi connectivity index (χ2v) is 3.59. The number of piperazine rings is 1. The van der Waals surface area contributed by atoms with E-state index in [0.717, 1.165) is 0 Å². The lowest BCUT2D eigenvalue weighted by molar-refractivity contribution is -0.146. The van der Waals surface area contributed by atoms with Crippen molar-refractivity contribution in [3.63, 3.8) is 0 Å². The predicted octanol–water partition coefficient (Wildman–Crippen LogP) is -1.52. The molecule has 0 spiro atoms. The molecule has 6 heteroatoms. The molecule has 1 aliphatic rings. The SMILES string of the molecule is CNC(=O)C(C)N1CCNCC1C(=O)O. The van der Waals surface area contributed by atoms with Crippen molar-refractivity contribution in [1.82, 2.24) is 15.5 Å². The number of hydrogen-bond acceptors (Lipinski definition) is 4. The lowest BCUT2D eigenvalue weighted by Crippen LogP contribution is -2.60. The van der Waals surface area contributed by atoms with Gasteiger partial charge in [-0.15, -0.1) is 0 Å². The van der Waals surface area contributed by atoms with Crippen molar-refractivity contribution in [2.75, 3.05) is 26.7 Å². The van der Waals surface area contributed by atoms with Gasteiger partial charge in [0.2, 0.25) is 5.91 Å². The van der Waals surface area contributed by atoms with Crippen LogP contribution in [0.5, 0.6) is 0 Å². The molecule has 1 aliphatic heterocycles. The Morgan fingerprint density at radius 1 is 1.60 bits per heavy atom. The monoisotopic (exact) mass is 215 g/mol. The topological polar surface area (TPSA) is 81.7 Å². The van der Waals surface area contributed by atoms with Crippen molar-refractivity contribution in [3.05, 3.63) is 0 Å². The maximum atomic E-state index is 11.4. The van der Waals surface area contributed by atoms with Crippen molar-refractivity contribution in [2.45, 2.75) is 19.0 Å². The molecular formula is C9H17N3O3. The average molecular weight is 215 g/mol. The summed E-state index contributed by atoms with van der Waals surface area (Å²) >= 11 is 0. The molecule has 2 atom stereocenters. The number of nitrogens with zero attached hydrogens (tertiary/aromatic N) is 1. The minimum absolute atomic E-state index is 0.150. The third-order valence-corrected chi connectivity index (χ3v) is 2.69. The molecule has 1 amide bonds. The standard InChI is InChI=1S/C9H17N3O3/c1-6(8(13)10-2)12-4-3-11-5-7(12)9(14)15/h6-7,11H,3-5H2,1-2H3,(H,10,13)(H,14,15). The number of carbonyl (C=O) groups excluding carboxylic acids is 1. The summed E-state index contributed by atoms with van der Waals surface area (Å²) in [6.45, 7) is 3.40. The molecule has 0 aliphatic carbocycles. The minimum atomic E-state index is -0.891. The molecule has 6 nitrogen and oxygen atoms in total. The number of carbonyl (C=O) groups is 2. The van der Waals surface area contributed by atoms with Crippen LogP contribution in [0.1, 0.15) is 6.92 Å². The smallest absolute Gasteiger partial charge is 0.322 e. The summed E-state index contributed by atoms with van der Waals surface area (Å²) in [6.07, 6.45) is 0. The van der Waals surface area contributed by atoms with Crippen LogP contribution in [0.3, 0.4) is 0 Å². The molecule has 2 unspecified atom stereocenters. The highest BCUT2D eigenvalue weighted by molar-refractivity contribution is 5.82. The van der Waals surface area contributed by atoms with E-state index in [4.69, 9.17) is 5.11 Å². The highest BCUT2D eigenvalue weighted by atomic mass is 16.4. The first-order chi connectivity index (χ1) is 7.07. The minimum Gasteiger partial charge on any atom is -0.480 e. The van der Waals surface area contributed by atoms with Crippen LogP contribution >= 0.6 is 0 Å². The Morgan fingerprint density at radius 3 is 2.80 bits per heavy atom. The Kier molecular flexibility index (Phi) is 4.05. The van der Waals surface area contributed by atoms with E-state index in [1.54, 1.807) is 18.9 Å². The Hall–Kier alpha value is -1.14. The molecule has 0 radical (unpaired) electrons. The summed E-state index contributed by atoms with van der Waals surface area (Å²) in [4.78, 5) is 24.1. The maximum absolute atomic E-state index is 11.4. The fraction of sp³-hybridized carbons (Fsp3) is 0.778. The van der Waals surface area contributed by atoms with E-state index in [1.807, 2.05) is 0 Å². The molecule has 0 saturated carbocycles. The fourth-order valence-electron chi connectivity index (χ4n) is 1.77. The third kappa shape index (κ3) is 2.66. The van der Waals surface area contributed by atoms with Crippen molar-refractivity contribution in [2.24, 2.45) is 0 Å². The van der Waals surface area contributed by atoms with Crippen LogP contribution in [0.15, 0.2) is 0 Å². The Morgan fingerprint density at radius 2 is 2.27 bits per heavy atom. The summed E-state index contributed by atoms with van der Waals surface area (Å²) in [7, 11) is 1.55. The van der Waals surface area contributed by atoms with Gasteiger partial charge in [0.25, 0.3) is 0 Å². The largest absolute Gasteiger partial charge is 0.480 e. The molecule has 1 heterocycles. The van der Waals surface area contributed by atoms with Gasteiger partial charge in [-0.05, 0) is 6.92 Å². The summed E-state index contributed by atoms with van der Waals surface area (Å²) in [5.41, 5.74) is 0. The first-order valence-corrected chi connectivity index (χ1v) is 4.98. The first-order valence-electron chi connectivity index (χ1n) is 4.98. The van der Waals surface area contributed by atoms with E-state index in [9.17, 15) is 9.59 Å². The van der Waals surface area contributed by atoms with Gasteiger partial charge in [-0.1, -0.05) is 0 Å². The normalized spacial score (nSPS) is 24.5. The zero-order chi connectivity index (χ0) is 11.4. The van der Waals surface area contributed by atoms with Gasteiger partial charge in [0, 0.05) is 26.7 Å². The van der Waals surface area contributed by atoms with Crippen LogP contribution in [-0.4, -0.2) is 60.6 Å². The van der Waals surface area contributed by atoms with E-state index >= 15 is 0 Å². The van der Waals surface area contributed by atoms with Crippen molar-refractivity contribution in [1.29, 1.82) is 0 Å². The summed E-state index contributed by atoms with van der Waals surface area (Å²) in [6, 6.07) is -1.02. The van der Waals surface area contributed by atoms with E-state index < -0.39 is 18.1 Å². The van der Waals surface area contributed by atoms with Gasteiger partial charge in [-0.3, -0.25) is 14.5 Å². The van der Waals surface area contributed by atoms with E-state index in [1.165, 1.54) is 0 Å². The third-order valence-electron chi connectivity index (χ3n) is 2.69. The van der Waals surface area contributed by atoms with Crippen molar-refractivity contribution >= 4 is 11.9 Å². The molecule has 1 fully saturated rings. The predicted molar refractivity (Wildman–Crippen MR) is 54.5 cm³/mol. The quantitative estimate of drug-likeness (QED) is 0.532. The van der Waals surface area contributed by atoms with Crippen LogP contribution in [0.25, 0.3) is 0 Å². The molecule has 1 rings (SSSR count). The zero-order valence-corrected chi connectivity index (χ0v) is 8.99. The molecule has 0 aromatic heterocycles. The van der Waals surface area contributed by atoms with Crippen LogP contribution < -0.4 is 10.6 Å². The van der Waals surface area contributed by atoms with Crippen LogP contribution in [0, 0.1) is 0 Å². The number of carboxylic acids is 1. The number of rotatable bonds is 3. The number of aliphatic carboxylic acids is 1. The number of amides is 1. The number of likely N-dealkylation sites (N-methyl/N-ethyl adjacent to an activating group) is 1. The Bertz CT molecular complexity index is 257. The van der Waals surface area contributed by atoms with E-state index in [0.29, 0.717) is 19.6 Å². The van der Waals surface area contributed by atoms with Crippen LogP contribution in [0.2, 0.25) is 0 Å². The first kappa shape index (κ1) is 11.9. The van der Waals surface area contributed by atoms with E-state index in [-0.39, 0.29) is 5.91 Å². The van der Waals surface area contributed by atoms with Gasteiger partial charge in [-0.2, -0.15) is 0 Å². The fourth-order valence-corrected chi connectivity index (χ4v) is 1.77. The highest BCUT2D eigenvalue weighted by Crippen LogP contribution is 2.08. The molecule has 86 valence electrons.